The lowest BCUT2D eigenvalue weighted by atomic mass is 9.78. The smallest absolute Gasteiger partial charge is 0.254 e. The van der Waals surface area contributed by atoms with Crippen molar-refractivity contribution in [1.82, 2.24) is 9.21 Å². The van der Waals surface area contributed by atoms with Crippen LogP contribution in [0.3, 0.4) is 0 Å². The van der Waals surface area contributed by atoms with E-state index in [9.17, 15) is 13.2 Å². The van der Waals surface area contributed by atoms with Crippen LogP contribution in [0, 0.1) is 5.92 Å². The van der Waals surface area contributed by atoms with Gasteiger partial charge < -0.3 is 4.90 Å². The van der Waals surface area contributed by atoms with Gasteiger partial charge in [-0.1, -0.05) is 12.8 Å². The van der Waals surface area contributed by atoms with E-state index < -0.39 is 10.0 Å². The number of carbonyl (C=O) groups is 1. The molecule has 26 heavy (non-hydrogen) atoms. The van der Waals surface area contributed by atoms with Gasteiger partial charge >= 0.3 is 0 Å². The van der Waals surface area contributed by atoms with Crippen LogP contribution >= 0.6 is 0 Å². The van der Waals surface area contributed by atoms with E-state index in [0.29, 0.717) is 17.5 Å². The number of amides is 1. The van der Waals surface area contributed by atoms with Crippen LogP contribution in [0.5, 0.6) is 0 Å². The highest BCUT2D eigenvalue weighted by molar-refractivity contribution is 7.89. The third-order valence-electron chi connectivity index (χ3n) is 6.01. The minimum absolute atomic E-state index is 0.0442. The molecule has 1 saturated carbocycles. The van der Waals surface area contributed by atoms with Gasteiger partial charge in [0.05, 0.1) is 4.90 Å². The normalized spacial score (nSPS) is 24.0. The van der Waals surface area contributed by atoms with Crippen molar-refractivity contribution in [3.63, 3.8) is 0 Å². The Hall–Kier alpha value is -1.40. The van der Waals surface area contributed by atoms with Crippen LogP contribution in [0.15, 0.2) is 29.2 Å². The predicted octanol–water partition coefficient (Wildman–Crippen LogP) is 3.51. The number of rotatable bonds is 4. The van der Waals surface area contributed by atoms with Gasteiger partial charge in [0.15, 0.2) is 0 Å². The van der Waals surface area contributed by atoms with Crippen LogP contribution in [0.1, 0.15) is 62.7 Å². The molecule has 1 heterocycles. The van der Waals surface area contributed by atoms with Crippen molar-refractivity contribution in [3.05, 3.63) is 29.8 Å². The summed E-state index contributed by atoms with van der Waals surface area (Å²) in [6.07, 6.45) is 7.10. The summed E-state index contributed by atoms with van der Waals surface area (Å²) in [4.78, 5) is 15.3. The van der Waals surface area contributed by atoms with E-state index >= 15 is 0 Å². The van der Waals surface area contributed by atoms with Gasteiger partial charge in [0.1, 0.15) is 0 Å². The van der Waals surface area contributed by atoms with Crippen LogP contribution < -0.4 is 0 Å². The molecule has 2 aliphatic rings. The molecule has 0 bridgehead atoms. The Morgan fingerprint density at radius 3 is 2.35 bits per heavy atom. The van der Waals surface area contributed by atoms with Crippen LogP contribution in [0.2, 0.25) is 0 Å². The third-order valence-corrected chi connectivity index (χ3v) is 8.06. The number of likely N-dealkylation sites (tertiary alicyclic amines) is 1. The average Bonchev–Trinajstić information content (AvgIpc) is 2.66. The summed E-state index contributed by atoms with van der Waals surface area (Å²) in [6.45, 7) is 4.49. The topological polar surface area (TPSA) is 57.7 Å². The van der Waals surface area contributed by atoms with Crippen LogP contribution in [-0.2, 0) is 10.0 Å². The second kappa shape index (κ2) is 7.69. The zero-order valence-corrected chi connectivity index (χ0v) is 16.8. The van der Waals surface area contributed by atoms with Crippen molar-refractivity contribution in [1.29, 1.82) is 0 Å². The van der Waals surface area contributed by atoms with E-state index in [0.717, 1.165) is 19.4 Å². The Balaban J connectivity index is 1.79. The van der Waals surface area contributed by atoms with E-state index in [1.807, 2.05) is 18.7 Å². The second-order valence-corrected chi connectivity index (χ2v) is 9.89. The van der Waals surface area contributed by atoms with Crippen molar-refractivity contribution in [2.24, 2.45) is 5.92 Å². The molecular formula is C20H30N2O3S. The number of hydrogen-bond donors (Lipinski definition) is 0. The van der Waals surface area contributed by atoms with E-state index in [-0.39, 0.29) is 16.8 Å². The summed E-state index contributed by atoms with van der Waals surface area (Å²) < 4.78 is 26.5. The predicted molar refractivity (Wildman–Crippen MR) is 103 cm³/mol. The summed E-state index contributed by atoms with van der Waals surface area (Å²) in [5, 5.41) is 0. The van der Waals surface area contributed by atoms with Gasteiger partial charge in [-0.2, -0.15) is 4.31 Å². The minimum atomic E-state index is -3.52. The first kappa shape index (κ1) is 19.4. The number of nitrogens with zero attached hydrogens (tertiary/aromatic N) is 2. The Bertz CT molecular complexity index is 741. The number of carbonyl (C=O) groups excluding carboxylic acids is 1. The monoisotopic (exact) mass is 378 g/mol. The van der Waals surface area contributed by atoms with Gasteiger partial charge in [0, 0.05) is 31.2 Å². The SMILES string of the molecule is CC(C)N(C)S(=O)(=O)c1ccc(C(=O)N2CCC[C@H]3CCCC[C@@H]32)cc1. The largest absolute Gasteiger partial charge is 0.335 e. The van der Waals surface area contributed by atoms with Gasteiger partial charge in [-0.3, -0.25) is 4.79 Å². The van der Waals surface area contributed by atoms with Crippen LogP contribution in [0.25, 0.3) is 0 Å². The lowest BCUT2D eigenvalue weighted by molar-refractivity contribution is 0.0390. The summed E-state index contributed by atoms with van der Waals surface area (Å²) in [5.74, 6) is 0.684. The van der Waals surface area contributed by atoms with E-state index in [1.165, 1.54) is 30.0 Å². The van der Waals surface area contributed by atoms with Gasteiger partial charge in [0.2, 0.25) is 10.0 Å². The Morgan fingerprint density at radius 1 is 1.08 bits per heavy atom. The van der Waals surface area contributed by atoms with Gasteiger partial charge in [-0.15, -0.1) is 0 Å². The number of hydrogen-bond acceptors (Lipinski definition) is 3. The number of benzene rings is 1. The summed E-state index contributed by atoms with van der Waals surface area (Å²) in [7, 11) is -1.94. The molecule has 1 aliphatic heterocycles. The van der Waals surface area contributed by atoms with Gasteiger partial charge in [0.25, 0.3) is 5.91 Å². The number of fused-ring (bicyclic) bond motifs is 1. The zero-order chi connectivity index (χ0) is 18.9. The maximum Gasteiger partial charge on any atom is 0.254 e. The lowest BCUT2D eigenvalue weighted by Gasteiger charge is -2.44. The van der Waals surface area contributed by atoms with Crippen LogP contribution in [0.4, 0.5) is 0 Å². The average molecular weight is 379 g/mol. The molecule has 144 valence electrons. The third kappa shape index (κ3) is 3.67. The maximum absolute atomic E-state index is 13.0. The molecule has 3 rings (SSSR count). The highest BCUT2D eigenvalue weighted by atomic mass is 32.2. The van der Waals surface area contributed by atoms with Crippen molar-refractivity contribution in [2.45, 2.75) is 69.4 Å². The molecule has 1 aromatic rings. The van der Waals surface area contributed by atoms with E-state index in [2.05, 4.69) is 0 Å². The fourth-order valence-corrected chi connectivity index (χ4v) is 5.62. The molecule has 2 atom stereocenters. The number of piperidine rings is 1. The lowest BCUT2D eigenvalue weighted by Crippen LogP contribution is -2.49. The minimum Gasteiger partial charge on any atom is -0.335 e. The molecule has 1 aromatic carbocycles. The highest BCUT2D eigenvalue weighted by Gasteiger charge is 2.36. The Kier molecular flexibility index (Phi) is 5.72. The molecule has 0 radical (unpaired) electrons. The Labute approximate surface area is 157 Å². The highest BCUT2D eigenvalue weighted by Crippen LogP contribution is 2.36. The quantitative estimate of drug-likeness (QED) is 0.806. The summed E-state index contributed by atoms with van der Waals surface area (Å²) in [5.41, 5.74) is 0.586. The van der Waals surface area contributed by atoms with Crippen LogP contribution in [-0.4, -0.2) is 49.2 Å². The standard InChI is InChI=1S/C20H30N2O3S/c1-15(2)21(3)26(24,25)18-12-10-17(11-13-18)20(23)22-14-6-8-16-7-4-5-9-19(16)22/h10-13,15-16,19H,4-9,14H2,1-3H3/t16-,19+/m1/s1. The first-order chi connectivity index (χ1) is 12.3. The second-order valence-electron chi connectivity index (χ2n) is 7.89. The van der Waals surface area contributed by atoms with Gasteiger partial charge in [-0.05, 0) is 69.7 Å². The van der Waals surface area contributed by atoms with Crippen molar-refractivity contribution in [2.75, 3.05) is 13.6 Å². The molecule has 5 nitrogen and oxygen atoms in total. The zero-order valence-electron chi connectivity index (χ0n) is 16.0. The van der Waals surface area contributed by atoms with Crippen molar-refractivity contribution >= 4 is 15.9 Å². The summed E-state index contributed by atoms with van der Waals surface area (Å²) >= 11 is 0. The molecular weight excluding hydrogens is 348 g/mol. The molecule has 1 aliphatic carbocycles. The fourth-order valence-electron chi connectivity index (χ4n) is 4.26. The molecule has 0 unspecified atom stereocenters. The molecule has 2 fully saturated rings. The van der Waals surface area contributed by atoms with E-state index in [1.54, 1.807) is 31.3 Å². The molecule has 0 aromatic heterocycles. The molecule has 0 N–H and O–H groups in total. The molecule has 1 saturated heterocycles. The molecule has 1 amide bonds. The first-order valence-electron chi connectivity index (χ1n) is 9.71. The fraction of sp³-hybridized carbons (Fsp3) is 0.650. The molecule has 6 heteroatoms. The van der Waals surface area contributed by atoms with Gasteiger partial charge in [-0.25, -0.2) is 8.42 Å². The van der Waals surface area contributed by atoms with Crippen molar-refractivity contribution in [3.8, 4) is 0 Å². The Morgan fingerprint density at radius 2 is 1.69 bits per heavy atom. The summed E-state index contributed by atoms with van der Waals surface area (Å²) in [6, 6.07) is 6.69. The maximum atomic E-state index is 13.0. The first-order valence-corrected chi connectivity index (χ1v) is 11.2. The van der Waals surface area contributed by atoms with E-state index in [4.69, 9.17) is 0 Å². The molecule has 0 spiro atoms. The number of sulfonamides is 1. The van der Waals surface area contributed by atoms with Crippen molar-refractivity contribution < 1.29 is 13.2 Å².